The molecule has 6 rings (SSSR count). The van der Waals surface area contributed by atoms with Crippen LogP contribution in [-0.2, 0) is 9.53 Å². The highest BCUT2D eigenvalue weighted by Gasteiger charge is 2.31. The van der Waals surface area contributed by atoms with Crippen LogP contribution in [0.3, 0.4) is 0 Å². The highest BCUT2D eigenvalue weighted by molar-refractivity contribution is 5.88. The van der Waals surface area contributed by atoms with Gasteiger partial charge >= 0.3 is 6.09 Å². The van der Waals surface area contributed by atoms with Crippen LogP contribution in [0.15, 0.2) is 36.7 Å². The van der Waals surface area contributed by atoms with Gasteiger partial charge in [0.15, 0.2) is 0 Å². The van der Waals surface area contributed by atoms with Gasteiger partial charge in [0.05, 0.1) is 17.5 Å². The zero-order valence-electron chi connectivity index (χ0n) is 24.2. The summed E-state index contributed by atoms with van der Waals surface area (Å²) in [6.07, 6.45) is 4.03. The zero-order chi connectivity index (χ0) is 28.9. The van der Waals surface area contributed by atoms with Crippen molar-refractivity contribution in [3.8, 4) is 16.9 Å². The minimum atomic E-state index is -0.551. The molecule has 1 aromatic heterocycles. The lowest BCUT2D eigenvalue weighted by molar-refractivity contribution is -0.119. The lowest BCUT2D eigenvalue weighted by Gasteiger charge is -2.36. The van der Waals surface area contributed by atoms with Gasteiger partial charge in [0.1, 0.15) is 28.8 Å². The number of ether oxygens (including phenoxy) is 2. The molecule has 2 amide bonds. The molecule has 2 atom stereocenters. The van der Waals surface area contributed by atoms with Gasteiger partial charge < -0.3 is 29.2 Å². The third-order valence-corrected chi connectivity index (χ3v) is 8.11. The lowest BCUT2D eigenvalue weighted by atomic mass is 10.0. The molecular formula is C31H38FN5O4. The van der Waals surface area contributed by atoms with Crippen LogP contribution in [0.2, 0.25) is 0 Å². The summed E-state index contributed by atoms with van der Waals surface area (Å²) in [5.41, 5.74) is 3.27. The number of halogens is 1. The summed E-state index contributed by atoms with van der Waals surface area (Å²) in [5.74, 6) is 0.528. The van der Waals surface area contributed by atoms with Gasteiger partial charge in [0.2, 0.25) is 5.91 Å². The Balaban J connectivity index is 1.23. The van der Waals surface area contributed by atoms with Crippen LogP contribution in [0.4, 0.5) is 14.9 Å². The maximum atomic E-state index is 15.5. The SMILES string of the molecule is C[C@@H](Oc1cc(-c2ccc(N3CCN(C(=O)OC(C)(C)C)CC3)c(F)c2)cc2ncn(C3CC3)c12)[C@H]1CNC(=O)C1. The van der Waals surface area contributed by atoms with Gasteiger partial charge in [0.25, 0.3) is 0 Å². The molecule has 41 heavy (non-hydrogen) atoms. The number of amides is 2. The van der Waals surface area contributed by atoms with E-state index in [0.717, 1.165) is 35.0 Å². The number of aromatic nitrogens is 2. The first kappa shape index (κ1) is 27.4. The lowest BCUT2D eigenvalue weighted by Crippen LogP contribution is -2.50. The minimum absolute atomic E-state index is 0.0502. The van der Waals surface area contributed by atoms with Gasteiger partial charge in [0, 0.05) is 51.1 Å². The second-order valence-electron chi connectivity index (χ2n) is 12.4. The van der Waals surface area contributed by atoms with Crippen molar-refractivity contribution in [2.45, 2.75) is 64.7 Å². The summed E-state index contributed by atoms with van der Waals surface area (Å²) in [7, 11) is 0. The summed E-state index contributed by atoms with van der Waals surface area (Å²) in [5, 5.41) is 2.89. The average Bonchev–Trinajstić information content (AvgIpc) is 3.52. The van der Waals surface area contributed by atoms with Gasteiger partial charge in [-0.3, -0.25) is 4.79 Å². The number of nitrogens with one attached hydrogen (secondary N) is 1. The Labute approximate surface area is 239 Å². The number of rotatable bonds is 6. The van der Waals surface area contributed by atoms with E-state index >= 15 is 4.39 Å². The summed E-state index contributed by atoms with van der Waals surface area (Å²) in [6.45, 7) is 10.1. The van der Waals surface area contributed by atoms with Crippen LogP contribution in [-0.4, -0.2) is 70.9 Å². The third kappa shape index (κ3) is 5.83. The van der Waals surface area contributed by atoms with Crippen molar-refractivity contribution < 1.29 is 23.5 Å². The summed E-state index contributed by atoms with van der Waals surface area (Å²) in [6, 6.07) is 9.66. The highest BCUT2D eigenvalue weighted by Crippen LogP contribution is 2.42. The Morgan fingerprint density at radius 3 is 2.49 bits per heavy atom. The van der Waals surface area contributed by atoms with E-state index in [1.165, 1.54) is 0 Å². The molecule has 3 aliphatic rings. The molecule has 1 aliphatic carbocycles. The van der Waals surface area contributed by atoms with E-state index in [4.69, 9.17) is 9.47 Å². The number of nitrogens with zero attached hydrogens (tertiary/aromatic N) is 4. The van der Waals surface area contributed by atoms with Crippen molar-refractivity contribution in [3.63, 3.8) is 0 Å². The number of benzene rings is 2. The highest BCUT2D eigenvalue weighted by atomic mass is 19.1. The number of imidazole rings is 1. The maximum Gasteiger partial charge on any atom is 0.410 e. The number of hydrogen-bond donors (Lipinski definition) is 1. The van der Waals surface area contributed by atoms with Crippen molar-refractivity contribution in [1.82, 2.24) is 19.8 Å². The van der Waals surface area contributed by atoms with E-state index in [2.05, 4.69) is 14.9 Å². The van der Waals surface area contributed by atoms with Crippen molar-refractivity contribution >= 4 is 28.7 Å². The average molecular weight is 564 g/mol. The predicted molar refractivity (Wildman–Crippen MR) is 155 cm³/mol. The first-order valence-corrected chi connectivity index (χ1v) is 14.5. The molecule has 0 bridgehead atoms. The van der Waals surface area contributed by atoms with Gasteiger partial charge in [-0.2, -0.15) is 0 Å². The topological polar surface area (TPSA) is 88.9 Å². The molecule has 2 aromatic carbocycles. The molecule has 0 spiro atoms. The molecule has 1 saturated carbocycles. The van der Waals surface area contributed by atoms with Crippen LogP contribution < -0.4 is 15.0 Å². The summed E-state index contributed by atoms with van der Waals surface area (Å²) in [4.78, 5) is 32.5. The fraction of sp³-hybridized carbons (Fsp3) is 0.516. The number of piperazine rings is 1. The number of hydrogen-bond acceptors (Lipinski definition) is 6. The molecular weight excluding hydrogens is 525 g/mol. The van der Waals surface area contributed by atoms with Crippen LogP contribution in [0.25, 0.3) is 22.2 Å². The molecule has 0 unspecified atom stereocenters. The standard InChI is InChI=1S/C31H38FN5O4/c1-19(22-16-28(38)33-17-22)40-27-15-21(14-25-29(27)37(18-34-25)23-6-7-23)20-5-8-26(24(32)13-20)35-9-11-36(12-10-35)30(39)41-31(2,3)4/h5,8,13-15,18-19,22-23H,6-7,9-12,16-17H2,1-4H3,(H,33,38)/t19-,22-/m1/s1. The van der Waals surface area contributed by atoms with E-state index in [9.17, 15) is 9.59 Å². The van der Waals surface area contributed by atoms with Crippen molar-refractivity contribution in [1.29, 1.82) is 0 Å². The normalized spacial score (nSPS) is 20.3. The molecule has 1 N–H and O–H groups in total. The second-order valence-corrected chi connectivity index (χ2v) is 12.4. The molecule has 3 heterocycles. The summed E-state index contributed by atoms with van der Waals surface area (Å²) < 4.78 is 29.7. The van der Waals surface area contributed by atoms with Gasteiger partial charge in [-0.1, -0.05) is 6.07 Å². The molecule has 218 valence electrons. The number of anilines is 1. The van der Waals surface area contributed by atoms with Crippen LogP contribution in [0, 0.1) is 11.7 Å². The molecule has 2 saturated heterocycles. The Hall–Kier alpha value is -3.82. The van der Waals surface area contributed by atoms with E-state index in [-0.39, 0.29) is 29.8 Å². The first-order valence-electron chi connectivity index (χ1n) is 14.5. The van der Waals surface area contributed by atoms with E-state index < -0.39 is 5.60 Å². The van der Waals surface area contributed by atoms with E-state index in [0.29, 0.717) is 56.6 Å². The third-order valence-electron chi connectivity index (χ3n) is 8.11. The fourth-order valence-electron chi connectivity index (χ4n) is 5.67. The summed E-state index contributed by atoms with van der Waals surface area (Å²) >= 11 is 0. The monoisotopic (exact) mass is 563 g/mol. The maximum absolute atomic E-state index is 15.5. The molecule has 9 nitrogen and oxygen atoms in total. The van der Waals surface area contributed by atoms with Crippen LogP contribution >= 0.6 is 0 Å². The molecule has 0 radical (unpaired) electrons. The predicted octanol–water partition coefficient (Wildman–Crippen LogP) is 5.14. The Kier molecular flexibility index (Phi) is 7.03. The van der Waals surface area contributed by atoms with E-state index in [1.807, 2.05) is 57.1 Å². The van der Waals surface area contributed by atoms with Crippen LogP contribution in [0.1, 0.15) is 53.0 Å². The smallest absolute Gasteiger partial charge is 0.410 e. The van der Waals surface area contributed by atoms with Gasteiger partial charge in [-0.05, 0) is 75.9 Å². The van der Waals surface area contributed by atoms with Gasteiger partial charge in [-0.25, -0.2) is 14.2 Å². The zero-order valence-corrected chi connectivity index (χ0v) is 24.2. The Morgan fingerprint density at radius 2 is 1.85 bits per heavy atom. The Morgan fingerprint density at radius 1 is 1.10 bits per heavy atom. The van der Waals surface area contributed by atoms with Crippen molar-refractivity contribution in [3.05, 3.63) is 42.5 Å². The quantitative estimate of drug-likeness (QED) is 0.447. The molecule has 10 heteroatoms. The largest absolute Gasteiger partial charge is 0.488 e. The van der Waals surface area contributed by atoms with Crippen LogP contribution in [0.5, 0.6) is 5.75 Å². The molecule has 3 fully saturated rings. The van der Waals surface area contributed by atoms with E-state index in [1.54, 1.807) is 17.0 Å². The second kappa shape index (κ2) is 10.5. The number of carbonyl (C=O) groups excluding carboxylic acids is 2. The van der Waals surface area contributed by atoms with Gasteiger partial charge in [-0.15, -0.1) is 0 Å². The van der Waals surface area contributed by atoms with Crippen molar-refractivity contribution in [2.75, 3.05) is 37.6 Å². The Bertz CT molecular complexity index is 1470. The fourth-order valence-corrected chi connectivity index (χ4v) is 5.67. The number of fused-ring (bicyclic) bond motifs is 1. The number of carbonyl (C=O) groups is 2. The first-order chi connectivity index (χ1) is 19.6. The van der Waals surface area contributed by atoms with Crippen molar-refractivity contribution in [2.24, 2.45) is 5.92 Å². The minimum Gasteiger partial charge on any atom is -0.488 e. The molecule has 3 aromatic rings. The molecule has 2 aliphatic heterocycles.